The lowest BCUT2D eigenvalue weighted by molar-refractivity contribution is 0.183. The van der Waals surface area contributed by atoms with Gasteiger partial charge in [-0.15, -0.1) is 0 Å². The molecule has 5 heteroatoms. The molecule has 4 nitrogen and oxygen atoms in total. The van der Waals surface area contributed by atoms with Gasteiger partial charge in [-0.25, -0.2) is 9.97 Å². The summed E-state index contributed by atoms with van der Waals surface area (Å²) in [5.74, 6) is 1.51. The van der Waals surface area contributed by atoms with E-state index in [0.717, 1.165) is 38.8 Å². The normalized spacial score (nSPS) is 19.6. The van der Waals surface area contributed by atoms with Gasteiger partial charge in [0.15, 0.2) is 0 Å². The first-order valence-electron chi connectivity index (χ1n) is 10.6. The number of aromatic nitrogens is 2. The maximum atomic E-state index is 4.86. The van der Waals surface area contributed by atoms with E-state index < -0.39 is 0 Å². The van der Waals surface area contributed by atoms with E-state index in [9.17, 15) is 0 Å². The van der Waals surface area contributed by atoms with E-state index in [1.54, 1.807) is 11.3 Å². The second-order valence-electron chi connectivity index (χ2n) is 8.47. The standard InChI is InChI=1S/C25H30N4S/c1-6-21(16(2)3)22-8-7-20-15-24(30-25(20)27-22)28-23-14-18(9-11-26-23)19-10-12-29(5)17(4)13-19/h6-9,11,14-15,17,19H,1,10,12-13H2,2-5H3,(H,26,28). The topological polar surface area (TPSA) is 41.0 Å². The van der Waals surface area contributed by atoms with Gasteiger partial charge in [0, 0.05) is 17.6 Å². The first-order valence-corrected chi connectivity index (χ1v) is 11.4. The molecule has 0 amide bonds. The molecule has 156 valence electrons. The molecule has 1 saturated heterocycles. The molecule has 0 aliphatic carbocycles. The summed E-state index contributed by atoms with van der Waals surface area (Å²) in [6.07, 6.45) is 6.21. The summed E-state index contributed by atoms with van der Waals surface area (Å²) >= 11 is 1.66. The molecule has 30 heavy (non-hydrogen) atoms. The van der Waals surface area contributed by atoms with Crippen LogP contribution in [0.15, 0.2) is 54.8 Å². The van der Waals surface area contributed by atoms with Crippen LogP contribution in [0.2, 0.25) is 0 Å². The van der Waals surface area contributed by atoms with Crippen molar-refractivity contribution in [3.05, 3.63) is 66.0 Å². The van der Waals surface area contributed by atoms with Crippen LogP contribution in [0.3, 0.4) is 0 Å². The number of rotatable bonds is 5. The molecule has 0 bridgehead atoms. The van der Waals surface area contributed by atoms with E-state index in [0.29, 0.717) is 12.0 Å². The van der Waals surface area contributed by atoms with Crippen molar-refractivity contribution in [2.75, 3.05) is 18.9 Å². The number of anilines is 2. The summed E-state index contributed by atoms with van der Waals surface area (Å²) in [7, 11) is 2.22. The Morgan fingerprint density at radius 2 is 2.10 bits per heavy atom. The van der Waals surface area contributed by atoms with Crippen LogP contribution < -0.4 is 5.32 Å². The molecule has 1 aliphatic rings. The van der Waals surface area contributed by atoms with Crippen LogP contribution >= 0.6 is 11.3 Å². The van der Waals surface area contributed by atoms with Gasteiger partial charge in [0.05, 0.1) is 10.7 Å². The highest BCUT2D eigenvalue weighted by atomic mass is 32.1. The first-order chi connectivity index (χ1) is 14.4. The van der Waals surface area contributed by atoms with Crippen LogP contribution in [-0.4, -0.2) is 34.5 Å². The molecule has 2 unspecified atom stereocenters. The summed E-state index contributed by atoms with van der Waals surface area (Å²) in [6, 6.07) is 11.4. The highest BCUT2D eigenvalue weighted by molar-refractivity contribution is 7.22. The zero-order chi connectivity index (χ0) is 21.3. The maximum absolute atomic E-state index is 4.86. The van der Waals surface area contributed by atoms with Crippen LogP contribution in [0.5, 0.6) is 0 Å². The molecule has 0 aromatic carbocycles. The first kappa shape index (κ1) is 20.8. The van der Waals surface area contributed by atoms with Crippen molar-refractivity contribution in [3.63, 3.8) is 0 Å². The molecule has 1 aliphatic heterocycles. The summed E-state index contributed by atoms with van der Waals surface area (Å²) < 4.78 is 0. The van der Waals surface area contributed by atoms with Gasteiger partial charge in [0.1, 0.15) is 10.6 Å². The number of pyridine rings is 2. The highest BCUT2D eigenvalue weighted by Gasteiger charge is 2.24. The molecule has 0 saturated carbocycles. The van der Waals surface area contributed by atoms with Crippen LogP contribution in [0.4, 0.5) is 10.8 Å². The molecule has 4 rings (SSSR count). The number of hydrogen-bond donors (Lipinski definition) is 1. The van der Waals surface area contributed by atoms with Crippen LogP contribution in [0.1, 0.15) is 50.8 Å². The number of piperidine rings is 1. The van der Waals surface area contributed by atoms with E-state index in [4.69, 9.17) is 4.98 Å². The van der Waals surface area contributed by atoms with Gasteiger partial charge >= 0.3 is 0 Å². The fourth-order valence-corrected chi connectivity index (χ4v) is 5.12. The maximum Gasteiger partial charge on any atom is 0.131 e. The van der Waals surface area contributed by atoms with Crippen molar-refractivity contribution in [1.82, 2.24) is 14.9 Å². The molecule has 0 spiro atoms. The van der Waals surface area contributed by atoms with Gasteiger partial charge in [-0.2, -0.15) is 0 Å². The van der Waals surface area contributed by atoms with Crippen molar-refractivity contribution < 1.29 is 0 Å². The molecule has 0 radical (unpaired) electrons. The van der Waals surface area contributed by atoms with Crippen LogP contribution in [0.25, 0.3) is 15.8 Å². The number of fused-ring (bicyclic) bond motifs is 1. The number of nitrogens with one attached hydrogen (secondary N) is 1. The molecule has 2 atom stereocenters. The van der Waals surface area contributed by atoms with Crippen molar-refractivity contribution in [2.24, 2.45) is 0 Å². The molecule has 4 heterocycles. The molecular formula is C25H30N4S. The van der Waals surface area contributed by atoms with Gasteiger partial charge in [-0.05, 0) is 94.6 Å². The average Bonchev–Trinajstić information content (AvgIpc) is 3.12. The molecular weight excluding hydrogens is 388 g/mol. The lowest BCUT2D eigenvalue weighted by Gasteiger charge is -2.35. The van der Waals surface area contributed by atoms with Crippen molar-refractivity contribution in [2.45, 2.75) is 45.6 Å². The van der Waals surface area contributed by atoms with Crippen LogP contribution in [0, 0.1) is 0 Å². The Morgan fingerprint density at radius 1 is 1.27 bits per heavy atom. The number of thiophene rings is 1. The summed E-state index contributed by atoms with van der Waals surface area (Å²) in [4.78, 5) is 12.9. The fourth-order valence-electron chi connectivity index (χ4n) is 4.18. The Hall–Kier alpha value is -2.50. The largest absolute Gasteiger partial charge is 0.332 e. The third kappa shape index (κ3) is 4.32. The molecule has 3 aromatic rings. The SMILES string of the molecule is C=CC(=C(C)C)c1ccc2cc(Nc3cc(C4CCN(C)C(C)C4)ccn3)sc2n1. The Kier molecular flexibility index (Phi) is 6.02. The Bertz CT molecular complexity index is 1090. The zero-order valence-corrected chi connectivity index (χ0v) is 19.1. The van der Waals surface area contributed by atoms with E-state index in [2.05, 4.69) is 79.9 Å². The van der Waals surface area contributed by atoms with Crippen molar-refractivity contribution in [3.8, 4) is 0 Å². The van der Waals surface area contributed by atoms with Gasteiger partial charge < -0.3 is 10.2 Å². The Balaban J connectivity index is 1.56. The molecule has 3 aromatic heterocycles. The highest BCUT2D eigenvalue weighted by Crippen LogP contribution is 2.34. The van der Waals surface area contributed by atoms with Crippen molar-refractivity contribution >= 4 is 37.9 Å². The minimum Gasteiger partial charge on any atom is -0.332 e. The summed E-state index contributed by atoms with van der Waals surface area (Å²) in [5, 5.41) is 5.71. The Labute approximate surface area is 183 Å². The predicted molar refractivity (Wildman–Crippen MR) is 130 cm³/mol. The number of likely N-dealkylation sites (tertiary alicyclic amines) is 1. The molecule has 1 N–H and O–H groups in total. The second-order valence-corrected chi connectivity index (χ2v) is 9.50. The number of nitrogens with zero attached hydrogens (tertiary/aromatic N) is 3. The fraction of sp³-hybridized carbons (Fsp3) is 0.360. The zero-order valence-electron chi connectivity index (χ0n) is 18.3. The minimum atomic E-state index is 0.604. The summed E-state index contributed by atoms with van der Waals surface area (Å²) in [5.41, 5.74) is 4.67. The third-order valence-corrected chi connectivity index (χ3v) is 7.08. The lowest BCUT2D eigenvalue weighted by atomic mass is 9.86. The van der Waals surface area contributed by atoms with E-state index in [1.165, 1.54) is 24.0 Å². The lowest BCUT2D eigenvalue weighted by Crippen LogP contribution is -2.36. The van der Waals surface area contributed by atoms with Crippen molar-refractivity contribution in [1.29, 1.82) is 0 Å². The number of hydrogen-bond acceptors (Lipinski definition) is 5. The smallest absolute Gasteiger partial charge is 0.131 e. The van der Waals surface area contributed by atoms with E-state index in [-0.39, 0.29) is 0 Å². The van der Waals surface area contributed by atoms with E-state index in [1.807, 2.05) is 12.3 Å². The monoisotopic (exact) mass is 418 g/mol. The second kappa shape index (κ2) is 8.70. The van der Waals surface area contributed by atoms with Gasteiger partial charge in [-0.1, -0.05) is 29.6 Å². The molecule has 1 fully saturated rings. The van der Waals surface area contributed by atoms with Gasteiger partial charge in [-0.3, -0.25) is 0 Å². The number of allylic oxidation sites excluding steroid dienone is 3. The Morgan fingerprint density at radius 3 is 2.83 bits per heavy atom. The van der Waals surface area contributed by atoms with Crippen LogP contribution in [-0.2, 0) is 0 Å². The van der Waals surface area contributed by atoms with E-state index >= 15 is 0 Å². The van der Waals surface area contributed by atoms with Gasteiger partial charge in [0.25, 0.3) is 0 Å². The summed E-state index contributed by atoms with van der Waals surface area (Å²) in [6.45, 7) is 11.6. The quantitative estimate of drug-likeness (QED) is 0.473. The third-order valence-electron chi connectivity index (χ3n) is 6.12. The average molecular weight is 419 g/mol. The minimum absolute atomic E-state index is 0.604. The van der Waals surface area contributed by atoms with Gasteiger partial charge in [0.2, 0.25) is 0 Å². The predicted octanol–water partition coefficient (Wildman–Crippen LogP) is 6.61.